The highest BCUT2D eigenvalue weighted by molar-refractivity contribution is 7.23. The SMILES string of the molecule is BBBCC.O=C1c2ccccc2C(=O)c2ccccc21. The molecule has 21 heavy (non-hydrogen) atoms. The van der Waals surface area contributed by atoms with Gasteiger partial charge in [-0.05, 0) is 0 Å². The molecule has 0 radical (unpaired) electrons. The van der Waals surface area contributed by atoms with Crippen LogP contribution < -0.4 is 0 Å². The molecule has 2 aromatic rings. The van der Waals surface area contributed by atoms with Crippen molar-refractivity contribution in [2.24, 2.45) is 0 Å². The smallest absolute Gasteiger partial charge is 0.194 e. The van der Waals surface area contributed by atoms with Gasteiger partial charge in [-0.25, -0.2) is 0 Å². The molecule has 0 heterocycles. The highest BCUT2D eigenvalue weighted by Crippen LogP contribution is 2.26. The van der Waals surface area contributed by atoms with E-state index in [4.69, 9.17) is 0 Å². The van der Waals surface area contributed by atoms with Crippen LogP contribution in [-0.2, 0) is 0 Å². The monoisotopic (exact) mass is 274 g/mol. The van der Waals surface area contributed by atoms with E-state index in [0.29, 0.717) is 22.3 Å². The third-order valence-corrected chi connectivity index (χ3v) is 3.54. The van der Waals surface area contributed by atoms with Gasteiger partial charge in [0.25, 0.3) is 0 Å². The average molecular weight is 274 g/mol. The molecule has 0 amide bonds. The molecule has 0 N–H and O–H groups in total. The summed E-state index contributed by atoms with van der Waals surface area (Å²) in [4.78, 5) is 24.2. The molecule has 0 aliphatic heterocycles. The van der Waals surface area contributed by atoms with Gasteiger partial charge in [0.2, 0.25) is 0 Å². The van der Waals surface area contributed by atoms with Crippen LogP contribution in [0.1, 0.15) is 38.8 Å². The maximum absolute atomic E-state index is 12.1. The number of ketones is 2. The Morgan fingerprint density at radius 3 is 1.33 bits per heavy atom. The van der Waals surface area contributed by atoms with Gasteiger partial charge in [0, 0.05) is 22.3 Å². The van der Waals surface area contributed by atoms with Gasteiger partial charge in [-0.2, -0.15) is 0 Å². The van der Waals surface area contributed by atoms with Crippen molar-refractivity contribution in [1.29, 1.82) is 0 Å². The normalized spacial score (nSPS) is 11.7. The van der Waals surface area contributed by atoms with E-state index in [9.17, 15) is 9.59 Å². The Hall–Kier alpha value is -2.03. The molecule has 0 bridgehead atoms. The van der Waals surface area contributed by atoms with E-state index in [1.807, 2.05) is 0 Å². The molecular formula is C16H17B3O2. The van der Waals surface area contributed by atoms with E-state index in [2.05, 4.69) is 14.7 Å². The molecule has 1 aliphatic rings. The van der Waals surface area contributed by atoms with Crippen LogP contribution in [0.15, 0.2) is 48.5 Å². The Morgan fingerprint density at radius 1 is 0.810 bits per heavy atom. The molecule has 3 rings (SSSR count). The van der Waals surface area contributed by atoms with Gasteiger partial charge in [-0.15, -0.1) is 0 Å². The standard InChI is InChI=1S/C14H8O2.C2H9B3/c15-13-9-5-1-2-6-10(9)14(16)12-8-4-3-7-11(12)13;1-2-4-5-3/h1-8H;4-5H,2-3H2,1H3. The van der Waals surface area contributed by atoms with Crippen LogP contribution in [0.2, 0.25) is 6.32 Å². The third kappa shape index (κ3) is 3.18. The van der Waals surface area contributed by atoms with Crippen LogP contribution in [0, 0.1) is 0 Å². The number of carbonyl (C=O) groups is 2. The van der Waals surface area contributed by atoms with Crippen molar-refractivity contribution >= 4 is 33.5 Å². The maximum Gasteiger partial charge on any atom is 0.194 e. The minimum Gasteiger partial charge on any atom is -0.289 e. The minimum absolute atomic E-state index is 0.0641. The Bertz CT molecular complexity index is 561. The van der Waals surface area contributed by atoms with E-state index in [-0.39, 0.29) is 11.6 Å². The molecule has 0 unspecified atom stereocenters. The number of benzene rings is 2. The van der Waals surface area contributed by atoms with Crippen LogP contribution >= 0.6 is 0 Å². The summed E-state index contributed by atoms with van der Waals surface area (Å²) < 4.78 is 0. The molecule has 0 saturated carbocycles. The van der Waals surface area contributed by atoms with Crippen LogP contribution in [0.5, 0.6) is 0 Å². The summed E-state index contributed by atoms with van der Waals surface area (Å²) in [5.41, 5.74) is 2.02. The molecule has 0 saturated heterocycles. The number of rotatable bonds is 2. The summed E-state index contributed by atoms with van der Waals surface area (Å²) >= 11 is 0. The average Bonchev–Trinajstić information content (AvgIpc) is 2.54. The first-order chi connectivity index (χ1) is 10.2. The van der Waals surface area contributed by atoms with Crippen LogP contribution in [0.4, 0.5) is 0 Å². The van der Waals surface area contributed by atoms with E-state index >= 15 is 0 Å². The maximum atomic E-state index is 12.1. The third-order valence-electron chi connectivity index (χ3n) is 3.54. The molecule has 2 nitrogen and oxygen atoms in total. The lowest BCUT2D eigenvalue weighted by Gasteiger charge is -2.16. The molecule has 0 aromatic heterocycles. The summed E-state index contributed by atoms with van der Waals surface area (Å²) in [6, 6.07) is 13.9. The summed E-state index contributed by atoms with van der Waals surface area (Å²) in [5.74, 6) is -0.128. The van der Waals surface area contributed by atoms with E-state index in [0.717, 1.165) is 0 Å². The van der Waals surface area contributed by atoms with Crippen molar-refractivity contribution in [3.63, 3.8) is 0 Å². The Kier molecular flexibility index (Phi) is 5.21. The molecule has 1 aliphatic carbocycles. The van der Waals surface area contributed by atoms with Crippen LogP contribution in [-0.4, -0.2) is 33.5 Å². The van der Waals surface area contributed by atoms with Gasteiger partial charge >= 0.3 is 0 Å². The van der Waals surface area contributed by atoms with Gasteiger partial charge < -0.3 is 0 Å². The van der Waals surface area contributed by atoms with Gasteiger partial charge in [-0.3, -0.25) is 9.59 Å². The predicted molar refractivity (Wildman–Crippen MR) is 93.1 cm³/mol. The highest BCUT2D eigenvalue weighted by atomic mass is 16.1. The largest absolute Gasteiger partial charge is 0.289 e. The molecular weight excluding hydrogens is 257 g/mol. The molecule has 2 aromatic carbocycles. The van der Waals surface area contributed by atoms with Crippen molar-refractivity contribution in [1.82, 2.24) is 0 Å². The highest BCUT2D eigenvalue weighted by Gasteiger charge is 2.28. The molecule has 0 fully saturated rings. The summed E-state index contributed by atoms with van der Waals surface area (Å²) in [7, 11) is 4.94. The number of hydrogen-bond donors (Lipinski definition) is 0. The van der Waals surface area contributed by atoms with Crippen molar-refractivity contribution in [3.05, 3.63) is 70.8 Å². The minimum atomic E-state index is -0.0641. The topological polar surface area (TPSA) is 34.1 Å². The zero-order chi connectivity index (χ0) is 15.2. The van der Waals surface area contributed by atoms with Gasteiger partial charge in [-0.1, -0.05) is 61.8 Å². The van der Waals surface area contributed by atoms with Crippen molar-refractivity contribution in [3.8, 4) is 0 Å². The van der Waals surface area contributed by atoms with Gasteiger partial charge in [0.15, 0.2) is 11.6 Å². The number of hydrogen-bond acceptors (Lipinski definition) is 2. The first-order valence-electron chi connectivity index (χ1n) is 7.48. The second-order valence-electron chi connectivity index (χ2n) is 5.10. The molecule has 5 heteroatoms. The second-order valence-corrected chi connectivity index (χ2v) is 5.10. The Balaban J connectivity index is 0.000000282. The lowest BCUT2D eigenvalue weighted by atomic mass is 9.27. The fourth-order valence-corrected chi connectivity index (χ4v) is 2.40. The molecule has 0 spiro atoms. The zero-order valence-electron chi connectivity index (χ0n) is 12.6. The fraction of sp³-hybridized carbons (Fsp3) is 0.125. The summed E-state index contributed by atoms with van der Waals surface area (Å²) in [6.45, 7) is 2.21. The van der Waals surface area contributed by atoms with Gasteiger partial charge in [0.05, 0.1) is 22.0 Å². The first kappa shape index (κ1) is 15.4. The van der Waals surface area contributed by atoms with Crippen molar-refractivity contribution in [2.75, 3.05) is 0 Å². The predicted octanol–water partition coefficient (Wildman–Crippen LogP) is 1.22. The second kappa shape index (κ2) is 7.12. The lowest BCUT2D eigenvalue weighted by molar-refractivity contribution is 0.0979. The van der Waals surface area contributed by atoms with Gasteiger partial charge in [0.1, 0.15) is 0 Å². The summed E-state index contributed by atoms with van der Waals surface area (Å²) in [5, 5.41) is 0. The Morgan fingerprint density at radius 2 is 1.14 bits per heavy atom. The summed E-state index contributed by atoms with van der Waals surface area (Å²) in [6.07, 6.45) is 1.34. The van der Waals surface area contributed by atoms with E-state index < -0.39 is 0 Å². The van der Waals surface area contributed by atoms with Crippen molar-refractivity contribution in [2.45, 2.75) is 13.2 Å². The van der Waals surface area contributed by atoms with E-state index in [1.54, 1.807) is 48.5 Å². The Labute approximate surface area is 127 Å². The van der Waals surface area contributed by atoms with Crippen LogP contribution in [0.25, 0.3) is 0 Å². The number of fused-ring (bicyclic) bond motifs is 2. The zero-order valence-corrected chi connectivity index (χ0v) is 12.6. The van der Waals surface area contributed by atoms with E-state index in [1.165, 1.54) is 20.6 Å². The lowest BCUT2D eigenvalue weighted by Crippen LogP contribution is -2.20. The van der Waals surface area contributed by atoms with Crippen LogP contribution in [0.3, 0.4) is 0 Å². The quantitative estimate of drug-likeness (QED) is 0.658. The van der Waals surface area contributed by atoms with Crippen molar-refractivity contribution < 1.29 is 9.59 Å². The number of carbonyl (C=O) groups excluding carboxylic acids is 2. The first-order valence-corrected chi connectivity index (χ1v) is 7.48. The fourth-order valence-electron chi connectivity index (χ4n) is 2.40. The molecule has 0 atom stereocenters. The molecule has 102 valence electrons.